The Hall–Kier alpha value is -0.440. The van der Waals surface area contributed by atoms with Crippen LogP contribution in [-0.2, 0) is 0 Å². The quantitative estimate of drug-likeness (QED) is 0.350. The third kappa shape index (κ3) is 12.6. The Labute approximate surface area is 129 Å². The van der Waals surface area contributed by atoms with E-state index in [4.69, 9.17) is 6.42 Å². The molecule has 0 saturated carbocycles. The van der Waals surface area contributed by atoms with Crippen LogP contribution in [0.25, 0.3) is 0 Å². The van der Waals surface area contributed by atoms with Crippen LogP contribution >= 0.6 is 0 Å². The van der Waals surface area contributed by atoms with Crippen molar-refractivity contribution >= 4 is 0 Å². The number of hydrogen-bond acceptors (Lipinski definition) is 0. The van der Waals surface area contributed by atoms with E-state index in [1.165, 1.54) is 51.4 Å². The molecular formula is C20H37. The van der Waals surface area contributed by atoms with Gasteiger partial charge < -0.3 is 0 Å². The third-order valence-corrected chi connectivity index (χ3v) is 4.45. The van der Waals surface area contributed by atoms with Gasteiger partial charge in [0.1, 0.15) is 0 Å². The summed E-state index contributed by atoms with van der Waals surface area (Å²) in [5, 5.41) is 0. The fraction of sp³-hybridized carbons (Fsp3) is 0.900. The van der Waals surface area contributed by atoms with Crippen LogP contribution in [0.2, 0.25) is 0 Å². The molecule has 0 aliphatic heterocycles. The molecule has 0 amide bonds. The lowest BCUT2D eigenvalue weighted by Gasteiger charge is -2.15. The zero-order valence-electron chi connectivity index (χ0n) is 14.7. The largest absolute Gasteiger partial charge is 0.0860 e. The maximum atomic E-state index is 7.08. The maximum absolute atomic E-state index is 7.08. The summed E-state index contributed by atoms with van der Waals surface area (Å²) in [4.78, 5) is 0. The molecule has 0 rings (SSSR count). The van der Waals surface area contributed by atoms with E-state index < -0.39 is 0 Å². The van der Waals surface area contributed by atoms with E-state index >= 15 is 0 Å². The lowest BCUT2D eigenvalue weighted by atomic mass is 9.91. The van der Waals surface area contributed by atoms with Crippen molar-refractivity contribution in [3.05, 3.63) is 6.42 Å². The average Bonchev–Trinajstić information content (AvgIpc) is 2.38. The Balaban J connectivity index is 3.46. The Morgan fingerprint density at radius 3 is 1.45 bits per heavy atom. The minimum absolute atomic E-state index is 0.350. The van der Waals surface area contributed by atoms with Gasteiger partial charge in [-0.1, -0.05) is 91.9 Å². The van der Waals surface area contributed by atoms with E-state index in [0.29, 0.717) is 5.92 Å². The summed E-state index contributed by atoms with van der Waals surface area (Å²) in [5.41, 5.74) is 0. The van der Waals surface area contributed by atoms with Gasteiger partial charge in [-0.05, 0) is 30.6 Å². The van der Waals surface area contributed by atoms with Gasteiger partial charge in [0.25, 0.3) is 0 Å². The van der Waals surface area contributed by atoms with Crippen LogP contribution in [0.3, 0.4) is 0 Å². The SMILES string of the molecule is [C]#CC(C)CCCC(C)CCCC(C)CCCC(C)C. The van der Waals surface area contributed by atoms with Crippen LogP contribution in [0.4, 0.5) is 0 Å². The molecule has 0 bridgehead atoms. The third-order valence-electron chi connectivity index (χ3n) is 4.45. The molecule has 0 aromatic rings. The standard InChI is InChI=1S/C20H37/c1-7-18(4)12-9-14-20(6)16-10-15-19(5)13-8-11-17(2)3/h17-20H,8-16H2,2-6H3. The summed E-state index contributed by atoms with van der Waals surface area (Å²) in [6.45, 7) is 11.6. The molecule has 0 aliphatic carbocycles. The highest BCUT2D eigenvalue weighted by molar-refractivity contribution is 4.83. The van der Waals surface area contributed by atoms with Crippen LogP contribution in [0.1, 0.15) is 92.4 Å². The summed E-state index contributed by atoms with van der Waals surface area (Å²) in [7, 11) is 0. The summed E-state index contributed by atoms with van der Waals surface area (Å²) in [5.74, 6) is 5.56. The Morgan fingerprint density at radius 1 is 0.650 bits per heavy atom. The first-order valence-corrected chi connectivity index (χ1v) is 8.87. The smallest absolute Gasteiger partial charge is 0.0184 e. The Kier molecular flexibility index (Phi) is 12.0. The fourth-order valence-corrected chi connectivity index (χ4v) is 2.82. The zero-order valence-corrected chi connectivity index (χ0v) is 14.7. The molecule has 0 nitrogen and oxygen atoms in total. The second kappa shape index (κ2) is 12.3. The van der Waals surface area contributed by atoms with Gasteiger partial charge >= 0.3 is 0 Å². The van der Waals surface area contributed by atoms with Gasteiger partial charge in [0.2, 0.25) is 0 Å². The first-order chi connectivity index (χ1) is 9.45. The van der Waals surface area contributed by atoms with Gasteiger partial charge in [0.05, 0.1) is 0 Å². The van der Waals surface area contributed by atoms with E-state index in [0.717, 1.165) is 24.2 Å². The molecule has 1 radical (unpaired) electrons. The first-order valence-electron chi connectivity index (χ1n) is 8.87. The van der Waals surface area contributed by atoms with Crippen molar-refractivity contribution in [1.29, 1.82) is 0 Å². The van der Waals surface area contributed by atoms with E-state index in [1.807, 2.05) is 0 Å². The fourth-order valence-electron chi connectivity index (χ4n) is 2.82. The monoisotopic (exact) mass is 277 g/mol. The van der Waals surface area contributed by atoms with Crippen molar-refractivity contribution < 1.29 is 0 Å². The molecular weight excluding hydrogens is 240 g/mol. The molecule has 0 saturated heterocycles. The predicted octanol–water partition coefficient (Wildman–Crippen LogP) is 6.65. The van der Waals surface area contributed by atoms with Gasteiger partial charge in [-0.15, -0.1) is 0 Å². The van der Waals surface area contributed by atoms with E-state index in [2.05, 4.69) is 40.5 Å². The van der Waals surface area contributed by atoms with E-state index in [-0.39, 0.29) is 0 Å². The Morgan fingerprint density at radius 2 is 1.05 bits per heavy atom. The molecule has 0 heteroatoms. The topological polar surface area (TPSA) is 0 Å². The van der Waals surface area contributed by atoms with Crippen LogP contribution in [0.5, 0.6) is 0 Å². The highest BCUT2D eigenvalue weighted by atomic mass is 14.1. The molecule has 0 N–H and O–H groups in total. The molecule has 3 unspecified atom stereocenters. The minimum atomic E-state index is 0.350. The average molecular weight is 278 g/mol. The number of hydrogen-bond donors (Lipinski definition) is 0. The van der Waals surface area contributed by atoms with Crippen LogP contribution in [0.15, 0.2) is 0 Å². The molecule has 117 valence electrons. The van der Waals surface area contributed by atoms with Crippen molar-refractivity contribution in [3.63, 3.8) is 0 Å². The van der Waals surface area contributed by atoms with Crippen molar-refractivity contribution in [3.8, 4) is 5.92 Å². The van der Waals surface area contributed by atoms with E-state index in [1.54, 1.807) is 0 Å². The van der Waals surface area contributed by atoms with Crippen molar-refractivity contribution in [2.75, 3.05) is 0 Å². The van der Waals surface area contributed by atoms with Gasteiger partial charge in [-0.25, -0.2) is 0 Å². The summed E-state index contributed by atoms with van der Waals surface area (Å²) in [6, 6.07) is 0. The first kappa shape index (κ1) is 19.6. The number of rotatable bonds is 12. The highest BCUT2D eigenvalue weighted by Gasteiger charge is 2.07. The minimum Gasteiger partial charge on any atom is -0.0860 e. The second-order valence-corrected chi connectivity index (χ2v) is 7.44. The molecule has 0 aromatic carbocycles. The molecule has 20 heavy (non-hydrogen) atoms. The zero-order chi connectivity index (χ0) is 15.4. The van der Waals surface area contributed by atoms with Crippen LogP contribution < -0.4 is 0 Å². The van der Waals surface area contributed by atoms with Crippen molar-refractivity contribution in [1.82, 2.24) is 0 Å². The lowest BCUT2D eigenvalue weighted by molar-refractivity contribution is 0.384. The lowest BCUT2D eigenvalue weighted by Crippen LogP contribution is -2.01. The van der Waals surface area contributed by atoms with Crippen molar-refractivity contribution in [2.24, 2.45) is 23.7 Å². The highest BCUT2D eigenvalue weighted by Crippen LogP contribution is 2.21. The van der Waals surface area contributed by atoms with Crippen molar-refractivity contribution in [2.45, 2.75) is 92.4 Å². The van der Waals surface area contributed by atoms with Gasteiger partial charge in [-0.2, -0.15) is 0 Å². The summed E-state index contributed by atoms with van der Waals surface area (Å²) >= 11 is 0. The van der Waals surface area contributed by atoms with E-state index in [9.17, 15) is 0 Å². The molecule has 0 spiro atoms. The maximum Gasteiger partial charge on any atom is 0.0184 e. The molecule has 3 atom stereocenters. The normalized spacial score (nSPS) is 15.8. The molecule has 0 aromatic heterocycles. The summed E-state index contributed by atoms with van der Waals surface area (Å²) in [6.07, 6.45) is 19.2. The second-order valence-electron chi connectivity index (χ2n) is 7.44. The van der Waals surface area contributed by atoms with Gasteiger partial charge in [-0.3, -0.25) is 0 Å². The van der Waals surface area contributed by atoms with Gasteiger partial charge in [0.15, 0.2) is 0 Å². The van der Waals surface area contributed by atoms with Crippen LogP contribution in [-0.4, -0.2) is 0 Å². The molecule has 0 heterocycles. The molecule has 0 fully saturated rings. The Bertz CT molecular complexity index is 245. The molecule has 0 aliphatic rings. The summed E-state index contributed by atoms with van der Waals surface area (Å²) < 4.78 is 0. The predicted molar refractivity (Wildman–Crippen MR) is 91.0 cm³/mol. The van der Waals surface area contributed by atoms with Crippen LogP contribution in [0, 0.1) is 36.0 Å². The van der Waals surface area contributed by atoms with Gasteiger partial charge in [0, 0.05) is 5.92 Å².